The van der Waals surface area contributed by atoms with Crippen molar-refractivity contribution in [1.82, 2.24) is 0 Å². The second kappa shape index (κ2) is 7.48. The van der Waals surface area contributed by atoms with Gasteiger partial charge in [0.2, 0.25) is 0 Å². The van der Waals surface area contributed by atoms with Gasteiger partial charge in [0.1, 0.15) is 0 Å². The van der Waals surface area contributed by atoms with E-state index in [9.17, 15) is 20.0 Å². The molecule has 0 saturated carbocycles. The minimum absolute atomic E-state index is 0.0599. The molecule has 0 radical (unpaired) electrons. The van der Waals surface area contributed by atoms with Crippen molar-refractivity contribution in [2.75, 3.05) is 14.2 Å². The van der Waals surface area contributed by atoms with Gasteiger partial charge in [-0.05, 0) is 24.6 Å². The standard InChI is InChI=1S/C18H17NO6/c1-11-4-6-12(7-5-11)14(18(20)21)8-13-9-16(24-2)17(25-3)10-15(13)19(22)23/h4-10H,1-3H3,(H,20,21)/b14-8-. The number of rotatable bonds is 6. The van der Waals surface area contributed by atoms with E-state index in [-0.39, 0.29) is 28.3 Å². The van der Waals surface area contributed by atoms with E-state index >= 15 is 0 Å². The molecule has 0 unspecified atom stereocenters. The number of carboxylic acid groups (broad SMARTS) is 1. The van der Waals surface area contributed by atoms with E-state index in [1.54, 1.807) is 24.3 Å². The quantitative estimate of drug-likeness (QED) is 0.373. The molecular formula is C18H17NO6. The van der Waals surface area contributed by atoms with Crippen molar-refractivity contribution in [3.8, 4) is 11.5 Å². The van der Waals surface area contributed by atoms with Crippen molar-refractivity contribution < 1.29 is 24.3 Å². The van der Waals surface area contributed by atoms with Crippen molar-refractivity contribution >= 4 is 23.3 Å². The van der Waals surface area contributed by atoms with Crippen LogP contribution in [0.25, 0.3) is 11.6 Å². The summed E-state index contributed by atoms with van der Waals surface area (Å²) in [6, 6.07) is 9.45. The van der Waals surface area contributed by atoms with Gasteiger partial charge in [-0.3, -0.25) is 10.1 Å². The normalized spacial score (nSPS) is 11.1. The van der Waals surface area contributed by atoms with Crippen LogP contribution in [0.2, 0.25) is 0 Å². The van der Waals surface area contributed by atoms with Crippen LogP contribution in [0.3, 0.4) is 0 Å². The molecule has 0 fully saturated rings. The van der Waals surface area contributed by atoms with E-state index in [1.165, 1.54) is 32.4 Å². The summed E-state index contributed by atoms with van der Waals surface area (Å²) < 4.78 is 10.2. The largest absolute Gasteiger partial charge is 0.493 e. The third-order valence-corrected chi connectivity index (χ3v) is 3.62. The van der Waals surface area contributed by atoms with Crippen LogP contribution in [0.1, 0.15) is 16.7 Å². The van der Waals surface area contributed by atoms with Gasteiger partial charge in [-0.15, -0.1) is 0 Å². The van der Waals surface area contributed by atoms with Crippen LogP contribution in [0.15, 0.2) is 36.4 Å². The van der Waals surface area contributed by atoms with Crippen molar-refractivity contribution in [3.63, 3.8) is 0 Å². The molecule has 7 nitrogen and oxygen atoms in total. The summed E-state index contributed by atoms with van der Waals surface area (Å²) in [7, 11) is 2.77. The fourth-order valence-corrected chi connectivity index (χ4v) is 2.31. The van der Waals surface area contributed by atoms with E-state index in [4.69, 9.17) is 9.47 Å². The minimum atomic E-state index is -1.19. The van der Waals surface area contributed by atoms with Crippen LogP contribution in [0.4, 0.5) is 5.69 Å². The number of aliphatic carboxylic acids is 1. The number of methoxy groups -OCH3 is 2. The maximum absolute atomic E-state index is 11.7. The molecule has 0 heterocycles. The smallest absolute Gasteiger partial charge is 0.336 e. The van der Waals surface area contributed by atoms with E-state index in [0.717, 1.165) is 5.56 Å². The number of ether oxygens (including phenoxy) is 2. The highest BCUT2D eigenvalue weighted by Gasteiger charge is 2.20. The predicted molar refractivity (Wildman–Crippen MR) is 92.9 cm³/mol. The fraction of sp³-hybridized carbons (Fsp3) is 0.167. The minimum Gasteiger partial charge on any atom is -0.493 e. The summed E-state index contributed by atoms with van der Waals surface area (Å²) >= 11 is 0. The third-order valence-electron chi connectivity index (χ3n) is 3.62. The van der Waals surface area contributed by atoms with Gasteiger partial charge in [-0.2, -0.15) is 0 Å². The highest BCUT2D eigenvalue weighted by molar-refractivity contribution is 6.21. The predicted octanol–water partition coefficient (Wildman–Crippen LogP) is 3.55. The zero-order valence-electron chi connectivity index (χ0n) is 14.0. The number of nitro benzene ring substituents is 1. The number of aryl methyl sites for hydroxylation is 1. The summed E-state index contributed by atoms with van der Waals surface area (Å²) in [6.07, 6.45) is 1.26. The molecule has 2 rings (SSSR count). The van der Waals surface area contributed by atoms with Crippen LogP contribution in [0, 0.1) is 17.0 Å². The number of nitrogens with zero attached hydrogens (tertiary/aromatic N) is 1. The van der Waals surface area contributed by atoms with Gasteiger partial charge in [-0.1, -0.05) is 29.8 Å². The lowest BCUT2D eigenvalue weighted by atomic mass is 10.0. The van der Waals surface area contributed by atoms with Gasteiger partial charge in [0, 0.05) is 0 Å². The second-order valence-corrected chi connectivity index (χ2v) is 5.25. The topological polar surface area (TPSA) is 98.9 Å². The molecule has 7 heteroatoms. The first kappa shape index (κ1) is 18.0. The third kappa shape index (κ3) is 3.95. The van der Waals surface area contributed by atoms with Gasteiger partial charge < -0.3 is 14.6 Å². The zero-order chi connectivity index (χ0) is 18.6. The molecule has 0 aromatic heterocycles. The Kier molecular flexibility index (Phi) is 5.38. The van der Waals surface area contributed by atoms with Crippen molar-refractivity contribution in [2.45, 2.75) is 6.92 Å². The van der Waals surface area contributed by atoms with Crippen molar-refractivity contribution in [2.24, 2.45) is 0 Å². The molecule has 0 aliphatic rings. The first-order chi connectivity index (χ1) is 11.9. The molecule has 0 aliphatic heterocycles. The molecule has 130 valence electrons. The lowest BCUT2D eigenvalue weighted by Crippen LogP contribution is -2.01. The fourth-order valence-electron chi connectivity index (χ4n) is 2.31. The monoisotopic (exact) mass is 343 g/mol. The molecule has 25 heavy (non-hydrogen) atoms. The van der Waals surface area contributed by atoms with Crippen LogP contribution >= 0.6 is 0 Å². The van der Waals surface area contributed by atoms with Gasteiger partial charge >= 0.3 is 5.97 Å². The Morgan fingerprint density at radius 2 is 1.68 bits per heavy atom. The highest BCUT2D eigenvalue weighted by Crippen LogP contribution is 2.36. The van der Waals surface area contributed by atoms with Crippen LogP contribution in [0.5, 0.6) is 11.5 Å². The molecule has 1 N–H and O–H groups in total. The first-order valence-electron chi connectivity index (χ1n) is 7.29. The van der Waals surface area contributed by atoms with Crippen LogP contribution in [-0.4, -0.2) is 30.2 Å². The lowest BCUT2D eigenvalue weighted by molar-refractivity contribution is -0.385. The molecule has 2 aromatic carbocycles. The zero-order valence-corrected chi connectivity index (χ0v) is 14.0. The summed E-state index contributed by atoms with van der Waals surface area (Å²) in [5.74, 6) is -0.723. The van der Waals surface area contributed by atoms with Crippen LogP contribution in [-0.2, 0) is 4.79 Å². The molecular weight excluding hydrogens is 326 g/mol. The number of hydrogen-bond donors (Lipinski definition) is 1. The second-order valence-electron chi connectivity index (χ2n) is 5.25. The first-order valence-corrected chi connectivity index (χ1v) is 7.29. The molecule has 0 bridgehead atoms. The number of nitro groups is 1. The summed E-state index contributed by atoms with van der Waals surface area (Å²) in [5, 5.41) is 20.9. The van der Waals surface area contributed by atoms with Gasteiger partial charge in [0.05, 0.1) is 36.3 Å². The van der Waals surface area contributed by atoms with Crippen molar-refractivity contribution in [1.29, 1.82) is 0 Å². The highest BCUT2D eigenvalue weighted by atomic mass is 16.6. The average Bonchev–Trinajstić information content (AvgIpc) is 2.59. The summed E-state index contributed by atoms with van der Waals surface area (Å²) in [4.78, 5) is 22.4. The molecule has 0 aliphatic carbocycles. The van der Waals surface area contributed by atoms with E-state index < -0.39 is 10.9 Å². The van der Waals surface area contributed by atoms with E-state index in [2.05, 4.69) is 0 Å². The van der Waals surface area contributed by atoms with Crippen molar-refractivity contribution in [3.05, 3.63) is 63.2 Å². The van der Waals surface area contributed by atoms with Crippen LogP contribution < -0.4 is 9.47 Å². The molecule has 0 atom stereocenters. The molecule has 0 amide bonds. The Bertz CT molecular complexity index is 839. The number of carboxylic acids is 1. The van der Waals surface area contributed by atoms with Gasteiger partial charge in [-0.25, -0.2) is 4.79 Å². The number of hydrogen-bond acceptors (Lipinski definition) is 5. The Morgan fingerprint density at radius 3 is 2.16 bits per heavy atom. The Labute approximate surface area is 144 Å². The maximum atomic E-state index is 11.7. The van der Waals surface area contributed by atoms with E-state index in [0.29, 0.717) is 5.56 Å². The van der Waals surface area contributed by atoms with Gasteiger partial charge in [0.25, 0.3) is 5.69 Å². The average molecular weight is 343 g/mol. The SMILES string of the molecule is COc1cc(/C=C(\C(=O)O)c2ccc(C)cc2)c([N+](=O)[O-])cc1OC. The number of carbonyl (C=O) groups is 1. The summed E-state index contributed by atoms with van der Waals surface area (Å²) in [6.45, 7) is 1.88. The van der Waals surface area contributed by atoms with Gasteiger partial charge in [0.15, 0.2) is 11.5 Å². The molecule has 0 spiro atoms. The Morgan fingerprint density at radius 1 is 1.12 bits per heavy atom. The van der Waals surface area contributed by atoms with E-state index in [1.807, 2.05) is 6.92 Å². The lowest BCUT2D eigenvalue weighted by Gasteiger charge is -2.10. The summed E-state index contributed by atoms with van der Waals surface area (Å²) in [5.41, 5.74) is 1.20. The Balaban J connectivity index is 2.68. The number of benzene rings is 2. The maximum Gasteiger partial charge on any atom is 0.336 e. The molecule has 0 saturated heterocycles. The molecule has 2 aromatic rings. The Hall–Kier alpha value is -3.35.